The summed E-state index contributed by atoms with van der Waals surface area (Å²) in [6.45, 7) is 4.96. The third-order valence-corrected chi connectivity index (χ3v) is 3.04. The quantitative estimate of drug-likeness (QED) is 0.663. The van der Waals surface area contributed by atoms with Gasteiger partial charge in [0, 0.05) is 19.1 Å². The maximum atomic E-state index is 11.2. The van der Waals surface area contributed by atoms with Crippen LogP contribution in [0.5, 0.6) is 0 Å². The summed E-state index contributed by atoms with van der Waals surface area (Å²) in [6.07, 6.45) is 1.24. The van der Waals surface area contributed by atoms with Crippen LogP contribution in [0.4, 0.5) is 0 Å². The molecule has 12 heavy (non-hydrogen) atoms. The lowest BCUT2D eigenvalue weighted by Crippen LogP contribution is -2.40. The van der Waals surface area contributed by atoms with E-state index in [1.807, 2.05) is 13.8 Å². The number of rotatable bonds is 5. The van der Waals surface area contributed by atoms with E-state index in [0.717, 1.165) is 0 Å². The van der Waals surface area contributed by atoms with Crippen molar-refractivity contribution in [2.75, 3.05) is 26.4 Å². The number of likely N-dealkylation sites (N-methyl/N-ethyl adjacent to an activating group) is 1. The van der Waals surface area contributed by atoms with Gasteiger partial charge in [-0.05, 0) is 20.9 Å². The van der Waals surface area contributed by atoms with Gasteiger partial charge in [-0.1, -0.05) is 0 Å². The minimum Gasteiger partial charge on any atom is -0.318 e. The van der Waals surface area contributed by atoms with Crippen LogP contribution >= 0.6 is 0 Å². The molecule has 0 unspecified atom stereocenters. The molecular weight excluding hydrogens is 176 g/mol. The van der Waals surface area contributed by atoms with Crippen molar-refractivity contribution in [2.45, 2.75) is 19.9 Å². The molecule has 1 N–H and O–H groups in total. The van der Waals surface area contributed by atoms with Gasteiger partial charge in [0.15, 0.2) is 0 Å². The predicted molar refractivity (Wildman–Crippen MR) is 50.6 cm³/mol. The highest BCUT2D eigenvalue weighted by Gasteiger charge is 2.18. The van der Waals surface area contributed by atoms with Crippen LogP contribution in [0.1, 0.15) is 13.8 Å². The summed E-state index contributed by atoms with van der Waals surface area (Å²) in [4.78, 5) is 0. The number of hydrogen-bond acceptors (Lipinski definition) is 3. The van der Waals surface area contributed by atoms with E-state index in [1.165, 1.54) is 10.6 Å². The minimum atomic E-state index is -3.04. The maximum absolute atomic E-state index is 11.2. The molecule has 0 atom stereocenters. The van der Waals surface area contributed by atoms with Crippen molar-refractivity contribution in [3.63, 3.8) is 0 Å². The number of sulfonamides is 1. The van der Waals surface area contributed by atoms with Gasteiger partial charge < -0.3 is 5.32 Å². The standard InChI is InChI=1S/C7H18N2O2S/c1-7(2)9(6-5-8-3)12(4,10)11/h7-8H,5-6H2,1-4H3. The molecule has 0 bridgehead atoms. The first-order valence-corrected chi connectivity index (χ1v) is 5.86. The molecule has 0 aliphatic heterocycles. The lowest BCUT2D eigenvalue weighted by atomic mass is 10.4. The first kappa shape index (κ1) is 11.9. The van der Waals surface area contributed by atoms with Crippen molar-refractivity contribution >= 4 is 10.0 Å². The lowest BCUT2D eigenvalue weighted by Gasteiger charge is -2.23. The van der Waals surface area contributed by atoms with Gasteiger partial charge in [-0.2, -0.15) is 4.31 Å². The fourth-order valence-corrected chi connectivity index (χ4v) is 2.22. The first-order valence-electron chi connectivity index (χ1n) is 4.01. The molecule has 5 heteroatoms. The molecule has 0 aliphatic rings. The van der Waals surface area contributed by atoms with Crippen LogP contribution in [0.3, 0.4) is 0 Å². The highest BCUT2D eigenvalue weighted by molar-refractivity contribution is 7.88. The number of nitrogens with zero attached hydrogens (tertiary/aromatic N) is 1. The van der Waals surface area contributed by atoms with Crippen LogP contribution in [0.2, 0.25) is 0 Å². The van der Waals surface area contributed by atoms with Crippen molar-refractivity contribution in [1.29, 1.82) is 0 Å². The van der Waals surface area contributed by atoms with Gasteiger partial charge in [-0.15, -0.1) is 0 Å². The Hall–Kier alpha value is -0.130. The largest absolute Gasteiger partial charge is 0.318 e. The molecular formula is C7H18N2O2S. The van der Waals surface area contributed by atoms with Crippen LogP contribution in [-0.2, 0) is 10.0 Å². The van der Waals surface area contributed by atoms with Crippen molar-refractivity contribution in [3.8, 4) is 0 Å². The Morgan fingerprint density at radius 3 is 2.17 bits per heavy atom. The molecule has 0 fully saturated rings. The van der Waals surface area contributed by atoms with E-state index in [2.05, 4.69) is 5.32 Å². The monoisotopic (exact) mass is 194 g/mol. The van der Waals surface area contributed by atoms with Crippen molar-refractivity contribution in [1.82, 2.24) is 9.62 Å². The molecule has 0 aromatic carbocycles. The summed E-state index contributed by atoms with van der Waals surface area (Å²) in [6, 6.07) is 0.0355. The Morgan fingerprint density at radius 2 is 1.92 bits per heavy atom. The zero-order chi connectivity index (χ0) is 9.78. The van der Waals surface area contributed by atoms with Crippen LogP contribution in [0, 0.1) is 0 Å². The normalized spacial score (nSPS) is 12.8. The molecule has 0 heterocycles. The molecule has 74 valence electrons. The zero-order valence-electron chi connectivity index (χ0n) is 8.16. The van der Waals surface area contributed by atoms with Gasteiger partial charge >= 0.3 is 0 Å². The van der Waals surface area contributed by atoms with Gasteiger partial charge in [0.05, 0.1) is 6.26 Å². The maximum Gasteiger partial charge on any atom is 0.211 e. The summed E-state index contributed by atoms with van der Waals surface area (Å²) < 4.78 is 23.8. The van der Waals surface area contributed by atoms with E-state index in [9.17, 15) is 8.42 Å². The van der Waals surface area contributed by atoms with Crippen LogP contribution in [0.25, 0.3) is 0 Å². The van der Waals surface area contributed by atoms with Gasteiger partial charge in [0.2, 0.25) is 10.0 Å². The molecule has 0 amide bonds. The van der Waals surface area contributed by atoms with Crippen LogP contribution < -0.4 is 5.32 Å². The summed E-state index contributed by atoms with van der Waals surface area (Å²) in [7, 11) is -1.24. The molecule has 0 rings (SSSR count). The third-order valence-electron chi connectivity index (χ3n) is 1.58. The van der Waals surface area contributed by atoms with Crippen molar-refractivity contribution < 1.29 is 8.42 Å². The molecule has 4 nitrogen and oxygen atoms in total. The second-order valence-electron chi connectivity index (χ2n) is 3.07. The van der Waals surface area contributed by atoms with E-state index in [0.29, 0.717) is 13.1 Å². The van der Waals surface area contributed by atoms with Gasteiger partial charge in [-0.3, -0.25) is 0 Å². The molecule has 0 saturated heterocycles. The van der Waals surface area contributed by atoms with E-state index >= 15 is 0 Å². The highest BCUT2D eigenvalue weighted by Crippen LogP contribution is 2.02. The lowest BCUT2D eigenvalue weighted by molar-refractivity contribution is 0.357. The van der Waals surface area contributed by atoms with Gasteiger partial charge in [-0.25, -0.2) is 8.42 Å². The molecule has 0 saturated carbocycles. The highest BCUT2D eigenvalue weighted by atomic mass is 32.2. The molecule has 0 spiro atoms. The van der Waals surface area contributed by atoms with Crippen LogP contribution in [0.15, 0.2) is 0 Å². The van der Waals surface area contributed by atoms with E-state index in [1.54, 1.807) is 7.05 Å². The van der Waals surface area contributed by atoms with E-state index in [-0.39, 0.29) is 6.04 Å². The number of hydrogen-bond donors (Lipinski definition) is 1. The second-order valence-corrected chi connectivity index (χ2v) is 5.01. The minimum absolute atomic E-state index is 0.0355. The summed E-state index contributed by atoms with van der Waals surface area (Å²) in [5.41, 5.74) is 0. The predicted octanol–water partition coefficient (Wildman–Crippen LogP) is -0.124. The Morgan fingerprint density at radius 1 is 1.42 bits per heavy atom. The van der Waals surface area contributed by atoms with Gasteiger partial charge in [0.25, 0.3) is 0 Å². The fraction of sp³-hybridized carbons (Fsp3) is 1.00. The Labute approximate surface area is 75.0 Å². The fourth-order valence-electron chi connectivity index (χ4n) is 1.03. The number of nitrogens with one attached hydrogen (secondary N) is 1. The summed E-state index contributed by atoms with van der Waals surface area (Å²) >= 11 is 0. The third kappa shape index (κ3) is 4.04. The molecule has 0 aromatic heterocycles. The average molecular weight is 194 g/mol. The van der Waals surface area contributed by atoms with Crippen LogP contribution in [-0.4, -0.2) is 45.2 Å². The Kier molecular flexibility index (Phi) is 4.74. The molecule has 0 radical (unpaired) electrons. The SMILES string of the molecule is CNCCN(C(C)C)S(C)(=O)=O. The van der Waals surface area contributed by atoms with E-state index < -0.39 is 10.0 Å². The van der Waals surface area contributed by atoms with E-state index in [4.69, 9.17) is 0 Å². The molecule has 0 aromatic rings. The Balaban J connectivity index is 4.26. The van der Waals surface area contributed by atoms with Crippen molar-refractivity contribution in [2.24, 2.45) is 0 Å². The second kappa shape index (κ2) is 4.79. The zero-order valence-corrected chi connectivity index (χ0v) is 8.98. The van der Waals surface area contributed by atoms with Crippen molar-refractivity contribution in [3.05, 3.63) is 0 Å². The Bertz CT molecular complexity index is 211. The topological polar surface area (TPSA) is 49.4 Å². The summed E-state index contributed by atoms with van der Waals surface area (Å²) in [5.74, 6) is 0. The molecule has 0 aliphatic carbocycles. The first-order chi connectivity index (χ1) is 5.39. The smallest absolute Gasteiger partial charge is 0.211 e. The average Bonchev–Trinajstić information content (AvgIpc) is 1.84. The van der Waals surface area contributed by atoms with Gasteiger partial charge in [0.1, 0.15) is 0 Å². The summed E-state index contributed by atoms with van der Waals surface area (Å²) in [5, 5.41) is 2.92.